The maximum atomic E-state index is 13.6. The van der Waals surface area contributed by atoms with E-state index in [0.29, 0.717) is 35.1 Å². The first-order valence-corrected chi connectivity index (χ1v) is 12.2. The van der Waals surface area contributed by atoms with Crippen molar-refractivity contribution < 1.29 is 46.9 Å². The highest BCUT2D eigenvalue weighted by atomic mass is 19.4. The van der Waals surface area contributed by atoms with Crippen molar-refractivity contribution in [2.75, 3.05) is 33.4 Å². The van der Waals surface area contributed by atoms with Crippen molar-refractivity contribution >= 4 is 17.6 Å². The maximum Gasteiger partial charge on any atom is 0.490 e. The van der Waals surface area contributed by atoms with E-state index in [1.54, 1.807) is 25.1 Å². The van der Waals surface area contributed by atoms with Crippen molar-refractivity contribution in [2.24, 2.45) is 11.1 Å². The topological polar surface area (TPSA) is 146 Å². The Morgan fingerprint density at radius 1 is 1.25 bits per heavy atom. The van der Waals surface area contributed by atoms with Crippen molar-refractivity contribution in [1.29, 1.82) is 0 Å². The van der Waals surface area contributed by atoms with E-state index in [4.69, 9.17) is 19.5 Å². The largest absolute Gasteiger partial charge is 0.494 e. The summed E-state index contributed by atoms with van der Waals surface area (Å²) in [5, 5.41) is 23.4. The molecule has 4 rings (SSSR count). The van der Waals surface area contributed by atoms with Gasteiger partial charge in [-0.3, -0.25) is 9.69 Å². The number of ether oxygens (including phenoxy) is 1. The minimum atomic E-state index is -5.08. The number of benzene rings is 1. The number of aryl methyl sites for hydroxylation is 1. The van der Waals surface area contributed by atoms with Gasteiger partial charge in [0.25, 0.3) is 5.91 Å². The number of aliphatic hydroxyl groups excluding tert-OH is 1. The number of methoxy groups -OCH3 is 1. The number of aliphatic hydroxyl groups is 1. The van der Waals surface area contributed by atoms with Gasteiger partial charge in [-0.05, 0) is 49.6 Å². The lowest BCUT2D eigenvalue weighted by atomic mass is 10.1. The van der Waals surface area contributed by atoms with Crippen LogP contribution in [-0.4, -0.2) is 88.3 Å². The number of carboxylic acid groups (broad SMARTS) is 1. The third-order valence-corrected chi connectivity index (χ3v) is 6.10. The molecule has 2 aliphatic rings. The molecule has 2 aliphatic heterocycles. The number of alkyl halides is 3. The summed E-state index contributed by atoms with van der Waals surface area (Å²) in [5.41, 5.74) is 2.17. The lowest BCUT2D eigenvalue weighted by molar-refractivity contribution is -0.192. The number of aromatic nitrogens is 2. The molecule has 0 spiro atoms. The van der Waals surface area contributed by atoms with Gasteiger partial charge in [-0.2, -0.15) is 13.2 Å². The van der Waals surface area contributed by atoms with Gasteiger partial charge < -0.3 is 25.1 Å². The highest BCUT2D eigenvalue weighted by Crippen LogP contribution is 2.22. The van der Waals surface area contributed by atoms with Gasteiger partial charge in [0.1, 0.15) is 23.3 Å². The van der Waals surface area contributed by atoms with Crippen LogP contribution in [0.3, 0.4) is 0 Å². The Morgan fingerprint density at radius 2 is 1.98 bits per heavy atom. The van der Waals surface area contributed by atoms with Gasteiger partial charge in [-0.1, -0.05) is 11.2 Å². The summed E-state index contributed by atoms with van der Waals surface area (Å²) in [4.78, 5) is 38.2. The van der Waals surface area contributed by atoms with E-state index in [-0.39, 0.29) is 36.6 Å². The maximum absolute atomic E-state index is 13.6. The minimum Gasteiger partial charge on any atom is -0.494 e. The third-order valence-electron chi connectivity index (χ3n) is 6.10. The number of nitrogens with zero attached hydrogens (tertiary/aromatic N) is 4. The van der Waals surface area contributed by atoms with Gasteiger partial charge in [-0.25, -0.2) is 19.2 Å². The molecule has 1 aromatic carbocycles. The van der Waals surface area contributed by atoms with E-state index in [0.717, 1.165) is 26.1 Å². The van der Waals surface area contributed by atoms with Crippen LogP contribution in [0, 0.1) is 18.7 Å². The van der Waals surface area contributed by atoms with Gasteiger partial charge in [0.2, 0.25) is 0 Å². The summed E-state index contributed by atoms with van der Waals surface area (Å²) < 4.78 is 50.3. The number of aliphatic carboxylic acids is 1. The summed E-state index contributed by atoms with van der Waals surface area (Å²) in [6.45, 7) is 4.67. The average Bonchev–Trinajstić information content (AvgIpc) is 3.57. The van der Waals surface area contributed by atoms with Crippen LogP contribution in [0.2, 0.25) is 0 Å². The van der Waals surface area contributed by atoms with Crippen LogP contribution >= 0.6 is 0 Å². The second kappa shape index (κ2) is 13.5. The summed E-state index contributed by atoms with van der Waals surface area (Å²) in [7, 11) is 1.39. The standard InChI is InChI=1S/C23H28FN5O4.C2HF3O2/c1-14-26-19(20-8-17(33-28-20)12-29-6-5-16(11-29)13-30)9-21(27-14)23(31)25-10-15-3-4-18(24)22(7-15)32-2;3-2(4,5)1(6)7/h3-4,7,9,16-17,30H,5-6,8,10-13H2,1-2H3,(H,25,31);(H,6,7). The van der Waals surface area contributed by atoms with E-state index in [2.05, 4.69) is 25.3 Å². The monoisotopic (exact) mass is 571 g/mol. The first-order valence-electron chi connectivity index (χ1n) is 12.2. The number of carbonyl (C=O) groups excluding carboxylic acids is 1. The Kier molecular flexibility index (Phi) is 10.3. The first-order chi connectivity index (χ1) is 18.9. The number of carbonyl (C=O) groups is 2. The molecular formula is C25H29F4N5O6. The number of hydrogen-bond donors (Lipinski definition) is 3. The lowest BCUT2D eigenvalue weighted by Crippen LogP contribution is -2.31. The predicted octanol–water partition coefficient (Wildman–Crippen LogP) is 2.30. The SMILES string of the molecule is COc1cc(CNC(=O)c2cc(C3=NOC(CN4CCC(CO)C4)C3)nc(C)n2)ccc1F.O=C(O)C(F)(F)F. The van der Waals surface area contributed by atoms with Crippen molar-refractivity contribution in [3.63, 3.8) is 0 Å². The van der Waals surface area contributed by atoms with E-state index < -0.39 is 18.0 Å². The highest BCUT2D eigenvalue weighted by molar-refractivity contribution is 6.01. The molecule has 1 saturated heterocycles. The van der Waals surface area contributed by atoms with Crippen LogP contribution in [0.15, 0.2) is 29.4 Å². The molecule has 3 heterocycles. The van der Waals surface area contributed by atoms with Crippen LogP contribution < -0.4 is 10.1 Å². The Morgan fingerprint density at radius 3 is 2.60 bits per heavy atom. The normalized spacial score (nSPS) is 18.8. The van der Waals surface area contributed by atoms with Crippen LogP contribution in [0.5, 0.6) is 5.75 Å². The first kappa shape index (κ1) is 30.7. The number of likely N-dealkylation sites (tertiary alicyclic amines) is 1. The highest BCUT2D eigenvalue weighted by Gasteiger charge is 2.38. The number of rotatable bonds is 8. The van der Waals surface area contributed by atoms with Gasteiger partial charge in [-0.15, -0.1) is 0 Å². The zero-order chi connectivity index (χ0) is 29.4. The fourth-order valence-electron chi connectivity index (χ4n) is 4.11. The van der Waals surface area contributed by atoms with Crippen molar-refractivity contribution in [1.82, 2.24) is 20.2 Å². The molecule has 1 fully saturated rings. The summed E-state index contributed by atoms with van der Waals surface area (Å²) in [6.07, 6.45) is -3.59. The molecule has 2 atom stereocenters. The molecule has 0 radical (unpaired) electrons. The molecule has 0 saturated carbocycles. The van der Waals surface area contributed by atoms with Crippen LogP contribution in [0.1, 0.15) is 40.4 Å². The smallest absolute Gasteiger partial charge is 0.490 e. The van der Waals surface area contributed by atoms with Crippen molar-refractivity contribution in [3.05, 3.63) is 52.9 Å². The van der Waals surface area contributed by atoms with E-state index >= 15 is 0 Å². The molecule has 3 N–H and O–H groups in total. The minimum absolute atomic E-state index is 0.0848. The predicted molar refractivity (Wildman–Crippen MR) is 132 cm³/mol. The molecule has 0 bridgehead atoms. The molecule has 15 heteroatoms. The molecule has 40 heavy (non-hydrogen) atoms. The lowest BCUT2D eigenvalue weighted by Gasteiger charge is -2.18. The van der Waals surface area contributed by atoms with Crippen LogP contribution in [0.4, 0.5) is 17.6 Å². The van der Waals surface area contributed by atoms with Crippen LogP contribution in [0.25, 0.3) is 0 Å². The summed E-state index contributed by atoms with van der Waals surface area (Å²) >= 11 is 0. The Bertz CT molecular complexity index is 1240. The van der Waals surface area contributed by atoms with Gasteiger partial charge >= 0.3 is 12.1 Å². The van der Waals surface area contributed by atoms with Crippen LogP contribution in [-0.2, 0) is 16.2 Å². The van der Waals surface area contributed by atoms with E-state index in [1.807, 2.05) is 0 Å². The van der Waals surface area contributed by atoms with Gasteiger partial charge in [0, 0.05) is 32.7 Å². The fraction of sp³-hybridized carbons (Fsp3) is 0.480. The third kappa shape index (κ3) is 8.58. The van der Waals surface area contributed by atoms with E-state index in [1.165, 1.54) is 13.2 Å². The Balaban J connectivity index is 0.000000559. The number of nitrogens with one attached hydrogen (secondary N) is 1. The number of amides is 1. The second-order valence-electron chi connectivity index (χ2n) is 9.21. The molecule has 1 aromatic heterocycles. The van der Waals surface area contributed by atoms with Crippen molar-refractivity contribution in [3.8, 4) is 5.75 Å². The second-order valence-corrected chi connectivity index (χ2v) is 9.21. The molecular weight excluding hydrogens is 542 g/mol. The quantitative estimate of drug-likeness (QED) is 0.406. The van der Waals surface area contributed by atoms with E-state index in [9.17, 15) is 27.5 Å². The molecule has 2 aromatic rings. The summed E-state index contributed by atoms with van der Waals surface area (Å²) in [5.74, 6) is -2.68. The fourth-order valence-corrected chi connectivity index (χ4v) is 4.11. The molecule has 0 aliphatic carbocycles. The number of halogens is 4. The Labute approximate surface area is 226 Å². The zero-order valence-corrected chi connectivity index (χ0v) is 21.7. The number of hydrogen-bond acceptors (Lipinski definition) is 9. The number of oxime groups is 1. The molecule has 1 amide bonds. The average molecular weight is 572 g/mol. The number of carboxylic acids is 1. The molecule has 2 unspecified atom stereocenters. The van der Waals surface area contributed by atoms with Gasteiger partial charge in [0.05, 0.1) is 12.8 Å². The summed E-state index contributed by atoms with van der Waals surface area (Å²) in [6, 6.07) is 6.03. The molecule has 11 nitrogen and oxygen atoms in total. The van der Waals surface area contributed by atoms with Crippen molar-refractivity contribution in [2.45, 2.75) is 38.6 Å². The van der Waals surface area contributed by atoms with Gasteiger partial charge in [0.15, 0.2) is 11.6 Å². The Hall–Kier alpha value is -3.85. The zero-order valence-electron chi connectivity index (χ0n) is 21.7. The molecule has 218 valence electrons.